The highest BCUT2D eigenvalue weighted by atomic mass is 79.9. The van der Waals surface area contributed by atoms with Gasteiger partial charge in [-0.1, -0.05) is 63.9 Å². The summed E-state index contributed by atoms with van der Waals surface area (Å²) in [7, 11) is 0. The van der Waals surface area contributed by atoms with Crippen LogP contribution in [-0.4, -0.2) is 22.4 Å². The van der Waals surface area contributed by atoms with Gasteiger partial charge in [0.1, 0.15) is 5.69 Å². The van der Waals surface area contributed by atoms with Gasteiger partial charge >= 0.3 is 11.8 Å². The molecule has 0 radical (unpaired) electrons. The number of carbonyl (C=O) groups excluding carboxylic acids is 3. The molecule has 0 fully saturated rings. The lowest BCUT2D eigenvalue weighted by Crippen LogP contribution is -2.40. The van der Waals surface area contributed by atoms with Crippen molar-refractivity contribution in [1.29, 1.82) is 0 Å². The number of nitrogens with one attached hydrogen (secondary N) is 3. The Balaban J connectivity index is 1.61. The number of rotatable bonds is 5. The molecule has 3 amide bonds. The molecular formula is C26H22BrClN4O3. The Kier molecular flexibility index (Phi) is 7.23. The van der Waals surface area contributed by atoms with Crippen LogP contribution >= 0.6 is 27.5 Å². The monoisotopic (exact) mass is 552 g/mol. The van der Waals surface area contributed by atoms with Crippen molar-refractivity contribution >= 4 is 61.8 Å². The van der Waals surface area contributed by atoms with Gasteiger partial charge in [0.2, 0.25) is 0 Å². The van der Waals surface area contributed by atoms with Gasteiger partial charge in [0.05, 0.1) is 11.6 Å². The summed E-state index contributed by atoms with van der Waals surface area (Å²) < 4.78 is 2.12. The molecule has 0 spiro atoms. The van der Waals surface area contributed by atoms with Crippen LogP contribution in [-0.2, 0) is 9.59 Å². The second-order valence-corrected chi connectivity index (χ2v) is 9.30. The smallest absolute Gasteiger partial charge is 0.328 e. The molecule has 0 unspecified atom stereocenters. The van der Waals surface area contributed by atoms with Crippen LogP contribution in [0.2, 0.25) is 5.02 Å². The zero-order chi connectivity index (χ0) is 25.1. The highest BCUT2D eigenvalue weighted by Crippen LogP contribution is 2.26. The van der Waals surface area contributed by atoms with Crippen LogP contribution in [0.4, 0.5) is 5.69 Å². The molecule has 0 saturated carbocycles. The van der Waals surface area contributed by atoms with Crippen LogP contribution in [0, 0.1) is 6.92 Å². The number of aromatic nitrogens is 1. The maximum absolute atomic E-state index is 13.2. The summed E-state index contributed by atoms with van der Waals surface area (Å²) in [5, 5.41) is 6.73. The molecule has 0 aliphatic rings. The normalized spacial score (nSPS) is 11.7. The van der Waals surface area contributed by atoms with Crippen LogP contribution < -0.4 is 16.1 Å². The number of fused-ring (bicyclic) bond motifs is 1. The molecule has 1 atom stereocenters. The molecular weight excluding hydrogens is 532 g/mol. The topological polar surface area (TPSA) is 92.2 Å². The number of hydrogen-bond acceptors (Lipinski definition) is 3. The number of halogens is 2. The predicted octanol–water partition coefficient (Wildman–Crippen LogP) is 5.57. The molecule has 3 aromatic carbocycles. The van der Waals surface area contributed by atoms with Crippen molar-refractivity contribution in [1.82, 2.24) is 9.99 Å². The van der Waals surface area contributed by atoms with Crippen molar-refractivity contribution in [3.8, 4) is 0 Å². The molecule has 9 heteroatoms. The van der Waals surface area contributed by atoms with E-state index in [1.54, 1.807) is 50.2 Å². The second kappa shape index (κ2) is 10.3. The molecule has 0 bridgehead atoms. The number of benzene rings is 3. The Hall–Kier alpha value is -3.62. The SMILES string of the molecule is Cc1c(Cl)cccc1NC(=O)c1cc2cc(Br)ccc2n1NC(=O)C(=O)N[C@H](C)c1ccccc1. The molecule has 0 saturated heterocycles. The number of carbonyl (C=O) groups is 3. The van der Waals surface area contributed by atoms with E-state index in [2.05, 4.69) is 32.0 Å². The van der Waals surface area contributed by atoms with Gasteiger partial charge in [-0.3, -0.25) is 19.8 Å². The van der Waals surface area contributed by atoms with Gasteiger partial charge in [-0.15, -0.1) is 0 Å². The molecule has 0 aliphatic heterocycles. The van der Waals surface area contributed by atoms with E-state index < -0.39 is 17.7 Å². The van der Waals surface area contributed by atoms with Crippen molar-refractivity contribution in [2.45, 2.75) is 19.9 Å². The minimum absolute atomic E-state index is 0.148. The lowest BCUT2D eigenvalue weighted by Gasteiger charge is -2.16. The Morgan fingerprint density at radius 1 is 0.943 bits per heavy atom. The van der Waals surface area contributed by atoms with Crippen LogP contribution in [0.5, 0.6) is 0 Å². The molecule has 3 N–H and O–H groups in total. The fourth-order valence-corrected chi connectivity index (χ4v) is 4.20. The van der Waals surface area contributed by atoms with Gasteiger partial charge in [0.25, 0.3) is 5.91 Å². The minimum atomic E-state index is -0.902. The van der Waals surface area contributed by atoms with Gasteiger partial charge in [-0.25, -0.2) is 4.68 Å². The zero-order valence-corrected chi connectivity index (χ0v) is 21.3. The Bertz CT molecular complexity index is 1440. The van der Waals surface area contributed by atoms with Gasteiger partial charge in [-0.05, 0) is 61.4 Å². The van der Waals surface area contributed by atoms with Crippen LogP contribution in [0.1, 0.15) is 34.6 Å². The van der Waals surface area contributed by atoms with Gasteiger partial charge in [0.15, 0.2) is 0 Å². The fraction of sp³-hybridized carbons (Fsp3) is 0.115. The zero-order valence-electron chi connectivity index (χ0n) is 18.9. The number of nitrogens with zero attached hydrogens (tertiary/aromatic N) is 1. The number of hydrogen-bond donors (Lipinski definition) is 3. The van der Waals surface area contributed by atoms with E-state index in [1.807, 2.05) is 36.4 Å². The van der Waals surface area contributed by atoms with Gasteiger partial charge < -0.3 is 10.6 Å². The Labute approximate surface area is 215 Å². The summed E-state index contributed by atoms with van der Waals surface area (Å²) in [6, 6.07) is 21.1. The summed E-state index contributed by atoms with van der Waals surface area (Å²) in [5.74, 6) is -2.19. The average Bonchev–Trinajstić information content (AvgIpc) is 3.19. The van der Waals surface area contributed by atoms with E-state index in [4.69, 9.17) is 11.6 Å². The maximum Gasteiger partial charge on any atom is 0.328 e. The molecule has 178 valence electrons. The quantitative estimate of drug-likeness (QED) is 0.282. The van der Waals surface area contributed by atoms with Crippen molar-refractivity contribution in [2.75, 3.05) is 10.7 Å². The largest absolute Gasteiger partial charge is 0.341 e. The number of amides is 3. The van der Waals surface area contributed by atoms with Crippen LogP contribution in [0.3, 0.4) is 0 Å². The first-order valence-electron chi connectivity index (χ1n) is 10.8. The third-order valence-corrected chi connectivity index (χ3v) is 6.48. The Morgan fingerprint density at radius 3 is 2.43 bits per heavy atom. The molecule has 4 aromatic rings. The molecule has 4 rings (SSSR count). The van der Waals surface area contributed by atoms with Crippen molar-refractivity contribution in [2.24, 2.45) is 0 Å². The third kappa shape index (κ3) is 5.39. The van der Waals surface area contributed by atoms with E-state index >= 15 is 0 Å². The van der Waals surface area contributed by atoms with E-state index in [-0.39, 0.29) is 11.7 Å². The summed E-state index contributed by atoms with van der Waals surface area (Å²) in [4.78, 5) is 38.7. The molecule has 1 heterocycles. The first-order valence-corrected chi connectivity index (χ1v) is 12.0. The van der Waals surface area contributed by atoms with Gasteiger partial charge in [-0.2, -0.15) is 0 Å². The van der Waals surface area contributed by atoms with E-state index in [0.29, 0.717) is 27.2 Å². The first kappa shape index (κ1) is 24.5. The first-order chi connectivity index (χ1) is 16.7. The molecule has 0 aliphatic carbocycles. The van der Waals surface area contributed by atoms with Crippen molar-refractivity contribution in [3.05, 3.63) is 99.1 Å². The van der Waals surface area contributed by atoms with Crippen LogP contribution in [0.15, 0.2) is 77.3 Å². The fourth-order valence-electron chi connectivity index (χ4n) is 3.64. The summed E-state index contributed by atoms with van der Waals surface area (Å²) in [5.41, 5.74) is 5.39. The molecule has 7 nitrogen and oxygen atoms in total. The molecule has 35 heavy (non-hydrogen) atoms. The standard InChI is InChI=1S/C26H22BrClN4O3/c1-15-20(28)9-6-10-21(15)30-24(33)23-14-18-13-19(27)11-12-22(18)32(23)31-26(35)25(34)29-16(2)17-7-4-3-5-8-17/h3-14,16H,1-2H3,(H,29,34)(H,30,33)(H,31,35)/t16-/m1/s1. The third-order valence-electron chi connectivity index (χ3n) is 5.58. The second-order valence-electron chi connectivity index (χ2n) is 7.98. The molecule has 1 aromatic heterocycles. The summed E-state index contributed by atoms with van der Waals surface area (Å²) in [6.45, 7) is 3.58. The summed E-state index contributed by atoms with van der Waals surface area (Å²) in [6.07, 6.45) is 0. The van der Waals surface area contributed by atoms with E-state index in [1.165, 1.54) is 4.68 Å². The van der Waals surface area contributed by atoms with E-state index in [9.17, 15) is 14.4 Å². The average molecular weight is 554 g/mol. The predicted molar refractivity (Wildman–Crippen MR) is 141 cm³/mol. The number of anilines is 1. The van der Waals surface area contributed by atoms with Crippen molar-refractivity contribution < 1.29 is 14.4 Å². The summed E-state index contributed by atoms with van der Waals surface area (Å²) >= 11 is 9.60. The minimum Gasteiger partial charge on any atom is -0.341 e. The Morgan fingerprint density at radius 2 is 1.69 bits per heavy atom. The van der Waals surface area contributed by atoms with Crippen molar-refractivity contribution in [3.63, 3.8) is 0 Å². The van der Waals surface area contributed by atoms with Gasteiger partial charge in [0, 0.05) is 20.6 Å². The van der Waals surface area contributed by atoms with E-state index in [0.717, 1.165) is 10.0 Å². The highest BCUT2D eigenvalue weighted by Gasteiger charge is 2.22. The highest BCUT2D eigenvalue weighted by molar-refractivity contribution is 9.10. The van der Waals surface area contributed by atoms with Crippen LogP contribution in [0.25, 0.3) is 10.9 Å². The lowest BCUT2D eigenvalue weighted by molar-refractivity contribution is -0.137. The lowest BCUT2D eigenvalue weighted by atomic mass is 10.1. The maximum atomic E-state index is 13.2.